The molecule has 2 bridgehead atoms. The summed E-state index contributed by atoms with van der Waals surface area (Å²) >= 11 is 0. The standard InChI is InChI=1S/C41H47N3O6/c1-5-24-42(27-30-16-12-9-13-17-30)39(48)36-41-23-22-40(4,50-41)34(37(46)43(25-6-2)31-18-20-33(21-19-31)49-7-3)35(41)38(47)44(36)32(28-45)26-29-14-10-8-11-15-29/h5-6,8-21,32,34-36,45H,1-2,7,22-28H2,3-4H3/t32-,34-,35+,36?,40+,41?/m1/s1. The number of aliphatic hydroxyl groups excluding tert-OH is 1. The van der Waals surface area contributed by atoms with Crippen LogP contribution in [0.4, 0.5) is 5.69 Å². The number of aliphatic hydroxyl groups is 1. The van der Waals surface area contributed by atoms with Crippen molar-refractivity contribution in [1.82, 2.24) is 9.80 Å². The molecule has 3 aromatic rings. The average Bonchev–Trinajstić information content (AvgIpc) is 3.70. The Morgan fingerprint density at radius 1 is 0.960 bits per heavy atom. The lowest BCUT2D eigenvalue weighted by molar-refractivity contribution is -0.155. The maximum Gasteiger partial charge on any atom is 0.249 e. The normalized spacial score (nSPS) is 25.5. The molecular weight excluding hydrogens is 630 g/mol. The van der Waals surface area contributed by atoms with Crippen molar-refractivity contribution in [3.63, 3.8) is 0 Å². The predicted octanol–water partition coefficient (Wildman–Crippen LogP) is 5.19. The minimum Gasteiger partial charge on any atom is -0.494 e. The van der Waals surface area contributed by atoms with Crippen LogP contribution in [0.1, 0.15) is 37.8 Å². The highest BCUT2D eigenvalue weighted by Gasteiger charge is 2.79. The number of hydrogen-bond acceptors (Lipinski definition) is 6. The molecule has 9 nitrogen and oxygen atoms in total. The van der Waals surface area contributed by atoms with Gasteiger partial charge in [-0.05, 0) is 68.5 Å². The fourth-order valence-corrected chi connectivity index (χ4v) is 8.42. The smallest absolute Gasteiger partial charge is 0.249 e. The van der Waals surface area contributed by atoms with E-state index in [1.54, 1.807) is 26.9 Å². The van der Waals surface area contributed by atoms with Gasteiger partial charge in [0.25, 0.3) is 0 Å². The minimum absolute atomic E-state index is 0.219. The van der Waals surface area contributed by atoms with E-state index in [4.69, 9.17) is 9.47 Å². The van der Waals surface area contributed by atoms with E-state index in [2.05, 4.69) is 13.2 Å². The highest BCUT2D eigenvalue weighted by molar-refractivity contribution is 6.03. The SMILES string of the molecule is C=CCN(Cc1ccccc1)C(=O)C1N([C@@H](CO)Cc2ccccc2)C(=O)[C@@H]2[C@H](C(=O)N(CC=C)c3ccc(OCC)cc3)[C@]3(C)CCC12O3. The maximum atomic E-state index is 15.0. The molecule has 0 saturated carbocycles. The van der Waals surface area contributed by atoms with E-state index in [0.717, 1.165) is 11.1 Å². The van der Waals surface area contributed by atoms with Crippen LogP contribution in [0.15, 0.2) is 110 Å². The monoisotopic (exact) mass is 677 g/mol. The van der Waals surface area contributed by atoms with Gasteiger partial charge in [-0.3, -0.25) is 14.4 Å². The Bertz CT molecular complexity index is 1700. The van der Waals surface area contributed by atoms with Crippen molar-refractivity contribution in [1.29, 1.82) is 0 Å². The van der Waals surface area contributed by atoms with Crippen molar-refractivity contribution in [3.8, 4) is 5.75 Å². The molecule has 3 aliphatic rings. The number of hydrogen-bond donors (Lipinski definition) is 1. The molecule has 3 saturated heterocycles. The highest BCUT2D eigenvalue weighted by Crippen LogP contribution is 2.64. The summed E-state index contributed by atoms with van der Waals surface area (Å²) in [6.45, 7) is 12.6. The fourth-order valence-electron chi connectivity index (χ4n) is 8.42. The lowest BCUT2D eigenvalue weighted by Crippen LogP contribution is -2.59. The molecule has 3 amide bonds. The van der Waals surface area contributed by atoms with Gasteiger partial charge in [0.1, 0.15) is 17.4 Å². The molecular formula is C41H47N3O6. The first-order chi connectivity index (χ1) is 24.2. The summed E-state index contributed by atoms with van der Waals surface area (Å²) in [7, 11) is 0. The Kier molecular flexibility index (Phi) is 10.3. The molecule has 3 heterocycles. The van der Waals surface area contributed by atoms with Crippen molar-refractivity contribution < 1.29 is 29.0 Å². The quantitative estimate of drug-likeness (QED) is 0.223. The van der Waals surface area contributed by atoms with Gasteiger partial charge < -0.3 is 29.3 Å². The van der Waals surface area contributed by atoms with Gasteiger partial charge in [-0.15, -0.1) is 13.2 Å². The lowest BCUT2D eigenvalue weighted by Gasteiger charge is -2.39. The van der Waals surface area contributed by atoms with Crippen molar-refractivity contribution >= 4 is 23.4 Å². The van der Waals surface area contributed by atoms with Crippen molar-refractivity contribution in [3.05, 3.63) is 121 Å². The molecule has 50 heavy (non-hydrogen) atoms. The first-order valence-electron chi connectivity index (χ1n) is 17.5. The fraction of sp³-hybridized carbons (Fsp3) is 0.390. The van der Waals surface area contributed by atoms with Gasteiger partial charge in [-0.1, -0.05) is 72.8 Å². The van der Waals surface area contributed by atoms with E-state index in [1.807, 2.05) is 98.8 Å². The Morgan fingerprint density at radius 3 is 2.20 bits per heavy atom. The average molecular weight is 678 g/mol. The number of rotatable bonds is 15. The molecule has 3 fully saturated rings. The van der Waals surface area contributed by atoms with E-state index >= 15 is 9.59 Å². The number of benzene rings is 3. The van der Waals surface area contributed by atoms with Crippen LogP contribution in [0.2, 0.25) is 0 Å². The molecule has 3 aliphatic heterocycles. The number of carbonyl (C=O) groups excluding carboxylic acids is 3. The maximum absolute atomic E-state index is 15.0. The molecule has 0 aliphatic carbocycles. The van der Waals surface area contributed by atoms with Crippen LogP contribution >= 0.6 is 0 Å². The number of fused-ring (bicyclic) bond motifs is 1. The predicted molar refractivity (Wildman–Crippen MR) is 192 cm³/mol. The van der Waals surface area contributed by atoms with Gasteiger partial charge in [0, 0.05) is 25.3 Å². The molecule has 0 aromatic heterocycles. The van der Waals surface area contributed by atoms with Crippen LogP contribution in [-0.4, -0.2) is 82.2 Å². The summed E-state index contributed by atoms with van der Waals surface area (Å²) in [6, 6.07) is 24.8. The third-order valence-corrected chi connectivity index (χ3v) is 10.5. The van der Waals surface area contributed by atoms with E-state index in [1.165, 1.54) is 0 Å². The van der Waals surface area contributed by atoms with Crippen molar-refractivity contribution in [2.24, 2.45) is 11.8 Å². The molecule has 1 spiro atoms. The number of ether oxygens (including phenoxy) is 2. The molecule has 0 radical (unpaired) electrons. The number of likely N-dealkylation sites (tertiary alicyclic amines) is 1. The van der Waals surface area contributed by atoms with Gasteiger partial charge in [-0.2, -0.15) is 0 Å². The van der Waals surface area contributed by atoms with Crippen LogP contribution in [-0.2, 0) is 32.1 Å². The van der Waals surface area contributed by atoms with Gasteiger partial charge >= 0.3 is 0 Å². The zero-order valence-corrected chi connectivity index (χ0v) is 28.9. The van der Waals surface area contributed by atoms with Gasteiger partial charge in [0.15, 0.2) is 0 Å². The van der Waals surface area contributed by atoms with Crippen molar-refractivity contribution in [2.45, 2.75) is 62.9 Å². The van der Waals surface area contributed by atoms with E-state index in [0.29, 0.717) is 43.9 Å². The van der Waals surface area contributed by atoms with Crippen molar-refractivity contribution in [2.75, 3.05) is 31.2 Å². The second-order valence-electron chi connectivity index (χ2n) is 13.7. The third kappa shape index (κ3) is 6.24. The molecule has 262 valence electrons. The second kappa shape index (κ2) is 14.6. The Labute approximate surface area is 294 Å². The molecule has 1 N–H and O–H groups in total. The van der Waals surface area contributed by atoms with Gasteiger partial charge in [0.05, 0.1) is 36.7 Å². The highest BCUT2D eigenvalue weighted by atomic mass is 16.5. The molecule has 6 rings (SSSR count). The molecule has 3 aromatic carbocycles. The van der Waals surface area contributed by atoms with Crippen LogP contribution < -0.4 is 9.64 Å². The van der Waals surface area contributed by atoms with Crippen LogP contribution in [0.25, 0.3) is 0 Å². The topological polar surface area (TPSA) is 99.6 Å². The largest absolute Gasteiger partial charge is 0.494 e. The van der Waals surface area contributed by atoms with Crippen LogP contribution in [0.3, 0.4) is 0 Å². The summed E-state index contributed by atoms with van der Waals surface area (Å²) < 4.78 is 12.6. The summed E-state index contributed by atoms with van der Waals surface area (Å²) in [6.07, 6.45) is 4.60. The van der Waals surface area contributed by atoms with Gasteiger partial charge in [0.2, 0.25) is 17.7 Å². The summed E-state index contributed by atoms with van der Waals surface area (Å²) in [5, 5.41) is 10.9. The second-order valence-corrected chi connectivity index (χ2v) is 13.7. The van der Waals surface area contributed by atoms with E-state index in [9.17, 15) is 9.90 Å². The third-order valence-electron chi connectivity index (χ3n) is 10.5. The lowest BCUT2D eigenvalue weighted by atomic mass is 9.66. The van der Waals surface area contributed by atoms with Crippen LogP contribution in [0, 0.1) is 11.8 Å². The Morgan fingerprint density at radius 2 is 1.60 bits per heavy atom. The number of anilines is 1. The summed E-state index contributed by atoms with van der Waals surface area (Å²) in [5.74, 6) is -2.00. The molecule has 2 unspecified atom stereocenters. The molecule has 9 heteroatoms. The summed E-state index contributed by atoms with van der Waals surface area (Å²) in [5.41, 5.74) is 0.254. The van der Waals surface area contributed by atoms with E-state index < -0.39 is 35.1 Å². The Hall–Kier alpha value is -4.73. The minimum atomic E-state index is -1.26. The first kappa shape index (κ1) is 35.1. The van der Waals surface area contributed by atoms with E-state index in [-0.39, 0.29) is 37.4 Å². The zero-order chi connectivity index (χ0) is 35.5. The van der Waals surface area contributed by atoms with Crippen LogP contribution in [0.5, 0.6) is 5.75 Å². The first-order valence-corrected chi connectivity index (χ1v) is 17.5. The number of carbonyl (C=O) groups is 3. The summed E-state index contributed by atoms with van der Waals surface area (Å²) in [4.78, 5) is 49.8. The zero-order valence-electron chi connectivity index (χ0n) is 28.9. The Balaban J connectivity index is 1.43. The van der Waals surface area contributed by atoms with Gasteiger partial charge in [-0.25, -0.2) is 0 Å². The molecule has 6 atom stereocenters. The number of amides is 3. The number of nitrogens with zero attached hydrogens (tertiary/aromatic N) is 3.